The predicted molar refractivity (Wildman–Crippen MR) is 77.4 cm³/mol. The summed E-state index contributed by atoms with van der Waals surface area (Å²) in [6, 6.07) is 8.44. The molecule has 0 saturated heterocycles. The highest BCUT2D eigenvalue weighted by Crippen LogP contribution is 2.67. The maximum atomic E-state index is 12.9. The second kappa shape index (κ2) is 3.27. The van der Waals surface area contributed by atoms with E-state index < -0.39 is 0 Å². The third-order valence-electron chi connectivity index (χ3n) is 5.68. The third-order valence-corrected chi connectivity index (χ3v) is 5.68. The SMILES string of the molecule is CC1(C)C2CCC13C=Cc1cccc(c1)C=C2C3=O. The minimum atomic E-state index is -0.268. The summed E-state index contributed by atoms with van der Waals surface area (Å²) in [7, 11) is 0. The summed E-state index contributed by atoms with van der Waals surface area (Å²) in [5.41, 5.74) is 3.20. The van der Waals surface area contributed by atoms with Crippen molar-refractivity contribution in [1.82, 2.24) is 0 Å². The normalized spacial score (nSPS) is 33.7. The van der Waals surface area contributed by atoms with Crippen molar-refractivity contribution in [3.05, 3.63) is 47.0 Å². The smallest absolute Gasteiger partial charge is 0.169 e. The molecule has 2 fully saturated rings. The minimum absolute atomic E-state index is 0.0584. The van der Waals surface area contributed by atoms with Crippen molar-refractivity contribution in [1.29, 1.82) is 0 Å². The van der Waals surface area contributed by atoms with Crippen LogP contribution in [0.15, 0.2) is 35.9 Å². The zero-order valence-electron chi connectivity index (χ0n) is 11.4. The quantitative estimate of drug-likeness (QED) is 0.677. The van der Waals surface area contributed by atoms with Crippen LogP contribution in [0.25, 0.3) is 12.2 Å². The molecule has 19 heavy (non-hydrogen) atoms. The van der Waals surface area contributed by atoms with Gasteiger partial charge in [0.25, 0.3) is 0 Å². The number of carbonyl (C=O) groups excluding carboxylic acids is 1. The number of hydrogen-bond donors (Lipinski definition) is 0. The number of ketones is 1. The monoisotopic (exact) mass is 250 g/mol. The number of hydrogen-bond acceptors (Lipinski definition) is 1. The van der Waals surface area contributed by atoms with Crippen LogP contribution in [-0.2, 0) is 4.79 Å². The molecule has 96 valence electrons. The lowest BCUT2D eigenvalue weighted by Crippen LogP contribution is -2.33. The fourth-order valence-corrected chi connectivity index (χ4v) is 4.44. The molecule has 0 amide bonds. The topological polar surface area (TPSA) is 17.1 Å². The molecule has 2 saturated carbocycles. The number of allylic oxidation sites excluding steroid dienone is 2. The maximum absolute atomic E-state index is 12.9. The molecule has 1 heteroatoms. The van der Waals surface area contributed by atoms with Crippen molar-refractivity contribution in [3.63, 3.8) is 0 Å². The maximum Gasteiger partial charge on any atom is 0.169 e. The Labute approximate surface area is 114 Å². The van der Waals surface area contributed by atoms with Gasteiger partial charge in [-0.25, -0.2) is 0 Å². The molecule has 1 aromatic carbocycles. The van der Waals surface area contributed by atoms with Crippen molar-refractivity contribution in [2.75, 3.05) is 0 Å². The molecule has 3 aliphatic rings. The zero-order valence-corrected chi connectivity index (χ0v) is 11.4. The van der Waals surface area contributed by atoms with Crippen LogP contribution in [0, 0.1) is 16.7 Å². The molecule has 0 N–H and O–H groups in total. The highest BCUT2D eigenvalue weighted by atomic mass is 16.1. The molecule has 0 radical (unpaired) electrons. The van der Waals surface area contributed by atoms with Crippen LogP contribution in [0.4, 0.5) is 0 Å². The van der Waals surface area contributed by atoms with Gasteiger partial charge in [0, 0.05) is 5.57 Å². The summed E-state index contributed by atoms with van der Waals surface area (Å²) in [6.07, 6.45) is 8.62. The lowest BCUT2D eigenvalue weighted by molar-refractivity contribution is -0.123. The number of fused-ring (bicyclic) bond motifs is 5. The Balaban J connectivity index is 2.05. The molecular weight excluding hydrogens is 232 g/mol. The predicted octanol–water partition coefficient (Wildman–Crippen LogP) is 4.10. The Kier molecular flexibility index (Phi) is 1.93. The average Bonchev–Trinajstić information content (AvgIpc) is 2.72. The molecule has 0 aromatic heterocycles. The van der Waals surface area contributed by atoms with E-state index in [0.29, 0.717) is 11.7 Å². The van der Waals surface area contributed by atoms with Crippen LogP contribution in [0.3, 0.4) is 0 Å². The molecule has 2 atom stereocenters. The lowest BCUT2D eigenvalue weighted by atomic mass is 9.68. The van der Waals surface area contributed by atoms with Gasteiger partial charge >= 0.3 is 0 Å². The highest BCUT2D eigenvalue weighted by Gasteiger charge is 2.65. The molecule has 1 nitrogen and oxygen atoms in total. The summed E-state index contributed by atoms with van der Waals surface area (Å²) in [5, 5.41) is 0. The summed E-state index contributed by atoms with van der Waals surface area (Å²) in [6.45, 7) is 4.54. The first-order chi connectivity index (χ1) is 9.04. The Morgan fingerprint density at radius 3 is 2.84 bits per heavy atom. The minimum Gasteiger partial charge on any atom is -0.294 e. The van der Waals surface area contributed by atoms with Gasteiger partial charge in [0.05, 0.1) is 5.41 Å². The molecule has 4 rings (SSSR count). The van der Waals surface area contributed by atoms with Crippen LogP contribution in [0.5, 0.6) is 0 Å². The molecule has 3 aliphatic carbocycles. The first-order valence-corrected chi connectivity index (χ1v) is 7.10. The molecule has 1 spiro atoms. The van der Waals surface area contributed by atoms with E-state index in [4.69, 9.17) is 0 Å². The van der Waals surface area contributed by atoms with Crippen molar-refractivity contribution in [3.8, 4) is 0 Å². The van der Waals surface area contributed by atoms with Gasteiger partial charge in [-0.3, -0.25) is 4.79 Å². The molecule has 5 bridgehead atoms. The van der Waals surface area contributed by atoms with E-state index in [1.807, 2.05) is 0 Å². The van der Waals surface area contributed by atoms with Crippen LogP contribution in [0.2, 0.25) is 0 Å². The molecule has 2 unspecified atom stereocenters. The first kappa shape index (κ1) is 11.2. The van der Waals surface area contributed by atoms with Crippen LogP contribution in [0.1, 0.15) is 37.8 Å². The van der Waals surface area contributed by atoms with Gasteiger partial charge in [-0.05, 0) is 47.4 Å². The van der Waals surface area contributed by atoms with Crippen molar-refractivity contribution < 1.29 is 4.79 Å². The summed E-state index contributed by atoms with van der Waals surface area (Å²) < 4.78 is 0. The number of benzene rings is 1. The first-order valence-electron chi connectivity index (χ1n) is 7.10. The standard InChI is InChI=1S/C18H18O/c1-17(2)15-7-9-18(17)8-6-12-4-3-5-13(10-12)11-14(15)16(18)19/h3-6,8,10-11,15H,7,9H2,1-2H3. The van der Waals surface area contributed by atoms with Crippen LogP contribution < -0.4 is 0 Å². The van der Waals surface area contributed by atoms with E-state index in [1.165, 1.54) is 5.56 Å². The van der Waals surface area contributed by atoms with E-state index in [-0.39, 0.29) is 10.8 Å². The Hall–Kier alpha value is -1.63. The number of Topliss-reactive ketones (excluding diaryl/α,β-unsaturated/α-hetero) is 1. The second-order valence-corrected chi connectivity index (χ2v) is 6.72. The Bertz CT molecular complexity index is 647. The number of carbonyl (C=O) groups is 1. The van der Waals surface area contributed by atoms with Gasteiger partial charge in [-0.2, -0.15) is 0 Å². The summed E-state index contributed by atoms with van der Waals surface area (Å²) in [4.78, 5) is 12.9. The molecule has 0 aliphatic heterocycles. The van der Waals surface area contributed by atoms with E-state index in [9.17, 15) is 4.79 Å². The van der Waals surface area contributed by atoms with E-state index >= 15 is 0 Å². The van der Waals surface area contributed by atoms with E-state index in [1.54, 1.807) is 0 Å². The summed E-state index contributed by atoms with van der Waals surface area (Å²) >= 11 is 0. The number of rotatable bonds is 0. The van der Waals surface area contributed by atoms with Gasteiger partial charge in [0.15, 0.2) is 5.78 Å². The van der Waals surface area contributed by atoms with Gasteiger partial charge < -0.3 is 0 Å². The van der Waals surface area contributed by atoms with Crippen LogP contribution in [-0.4, -0.2) is 5.78 Å². The van der Waals surface area contributed by atoms with Gasteiger partial charge in [-0.15, -0.1) is 0 Å². The Morgan fingerprint density at radius 2 is 2.00 bits per heavy atom. The second-order valence-electron chi connectivity index (χ2n) is 6.72. The zero-order chi connectivity index (χ0) is 13.3. The fourth-order valence-electron chi connectivity index (χ4n) is 4.44. The molecule has 1 aromatic rings. The van der Waals surface area contributed by atoms with Crippen molar-refractivity contribution in [2.24, 2.45) is 16.7 Å². The van der Waals surface area contributed by atoms with Crippen molar-refractivity contribution in [2.45, 2.75) is 26.7 Å². The molecule has 0 heterocycles. The summed E-state index contributed by atoms with van der Waals surface area (Å²) in [5.74, 6) is 0.791. The van der Waals surface area contributed by atoms with E-state index in [2.05, 4.69) is 56.3 Å². The highest BCUT2D eigenvalue weighted by molar-refractivity contribution is 6.10. The van der Waals surface area contributed by atoms with Gasteiger partial charge in [-0.1, -0.05) is 44.2 Å². The van der Waals surface area contributed by atoms with Gasteiger partial charge in [0.2, 0.25) is 0 Å². The third kappa shape index (κ3) is 1.19. The van der Waals surface area contributed by atoms with Gasteiger partial charge in [0.1, 0.15) is 0 Å². The Morgan fingerprint density at radius 1 is 1.21 bits per heavy atom. The fraction of sp³-hybridized carbons (Fsp3) is 0.389. The van der Waals surface area contributed by atoms with Crippen molar-refractivity contribution >= 4 is 17.9 Å². The molecular formula is C18H18O. The lowest BCUT2D eigenvalue weighted by Gasteiger charge is -2.33. The average molecular weight is 250 g/mol. The van der Waals surface area contributed by atoms with Crippen LogP contribution >= 0.6 is 0 Å². The van der Waals surface area contributed by atoms with E-state index in [0.717, 1.165) is 24.0 Å². The largest absolute Gasteiger partial charge is 0.294 e.